The van der Waals surface area contributed by atoms with Crippen molar-refractivity contribution in [3.63, 3.8) is 0 Å². The van der Waals surface area contributed by atoms with Crippen molar-refractivity contribution in [3.8, 4) is 0 Å². The lowest BCUT2D eigenvalue weighted by Gasteiger charge is -2.18. The number of alkyl halides is 3. The number of fused-ring (bicyclic) bond motifs is 1. The molecule has 1 aromatic carbocycles. The zero-order valence-electron chi connectivity index (χ0n) is 11.6. The molecule has 1 N–H and O–H groups in total. The molecule has 0 aliphatic heterocycles. The van der Waals surface area contributed by atoms with Crippen molar-refractivity contribution in [2.75, 3.05) is 0 Å². The minimum absolute atomic E-state index is 0.0465. The highest BCUT2D eigenvalue weighted by Crippen LogP contribution is 2.35. The van der Waals surface area contributed by atoms with Gasteiger partial charge >= 0.3 is 12.1 Å². The lowest BCUT2D eigenvalue weighted by atomic mass is 10.1. The molecule has 0 aliphatic carbocycles. The van der Waals surface area contributed by atoms with Gasteiger partial charge in [0.2, 0.25) is 5.82 Å². The molecule has 0 saturated carbocycles. The molecule has 2 aromatic rings. The summed E-state index contributed by atoms with van der Waals surface area (Å²) in [6, 6.07) is 3.48. The number of aromatic nitrogens is 2. The van der Waals surface area contributed by atoms with Gasteiger partial charge in [0.25, 0.3) is 0 Å². The largest absolute Gasteiger partial charge is 0.478 e. The van der Waals surface area contributed by atoms with Gasteiger partial charge in [-0.25, -0.2) is 9.78 Å². The van der Waals surface area contributed by atoms with Crippen molar-refractivity contribution in [2.45, 2.75) is 38.9 Å². The molecule has 1 atom stereocenters. The van der Waals surface area contributed by atoms with Gasteiger partial charge in [-0.2, -0.15) is 13.2 Å². The SMILES string of the molecule is CCCC(C)n1c(C(F)(F)F)nc2cc(C(=O)O)ccc21. The molecule has 0 fully saturated rings. The Balaban J connectivity index is 2.69. The highest BCUT2D eigenvalue weighted by molar-refractivity contribution is 5.92. The van der Waals surface area contributed by atoms with Crippen LogP contribution >= 0.6 is 0 Å². The van der Waals surface area contributed by atoms with Crippen LogP contribution in [0.5, 0.6) is 0 Å². The van der Waals surface area contributed by atoms with E-state index in [1.54, 1.807) is 6.92 Å². The average molecular weight is 300 g/mol. The van der Waals surface area contributed by atoms with Gasteiger partial charge in [0, 0.05) is 6.04 Å². The fourth-order valence-corrected chi connectivity index (χ4v) is 2.42. The summed E-state index contributed by atoms with van der Waals surface area (Å²) in [5.74, 6) is -2.18. The van der Waals surface area contributed by atoms with E-state index < -0.39 is 18.0 Å². The fourth-order valence-electron chi connectivity index (χ4n) is 2.42. The number of carboxylic acids is 1. The third-order valence-electron chi connectivity index (χ3n) is 3.34. The van der Waals surface area contributed by atoms with Crippen molar-refractivity contribution >= 4 is 17.0 Å². The summed E-state index contributed by atoms with van der Waals surface area (Å²) in [5, 5.41) is 8.92. The second-order valence-corrected chi connectivity index (χ2v) is 4.95. The van der Waals surface area contributed by atoms with Crippen LogP contribution in [0.25, 0.3) is 11.0 Å². The number of nitrogens with zero attached hydrogens (tertiary/aromatic N) is 2. The molecule has 0 radical (unpaired) electrons. The number of carboxylic acid groups (broad SMARTS) is 1. The highest BCUT2D eigenvalue weighted by atomic mass is 19.4. The maximum atomic E-state index is 13.1. The van der Waals surface area contributed by atoms with Gasteiger partial charge in [-0.1, -0.05) is 13.3 Å². The predicted octanol–water partition coefficient (Wildman–Crippen LogP) is 4.11. The van der Waals surface area contributed by atoms with Gasteiger partial charge in [0.15, 0.2) is 0 Å². The van der Waals surface area contributed by atoms with Gasteiger partial charge in [-0.3, -0.25) is 0 Å². The molecular formula is C14H15F3N2O2. The zero-order valence-corrected chi connectivity index (χ0v) is 11.6. The molecule has 4 nitrogen and oxygen atoms in total. The number of carbonyl (C=O) groups is 1. The number of aromatic carboxylic acids is 1. The highest BCUT2D eigenvalue weighted by Gasteiger charge is 2.38. The van der Waals surface area contributed by atoms with E-state index >= 15 is 0 Å². The van der Waals surface area contributed by atoms with Crippen LogP contribution in [0.3, 0.4) is 0 Å². The lowest BCUT2D eigenvalue weighted by molar-refractivity contribution is -0.147. The Bertz CT molecular complexity index is 677. The van der Waals surface area contributed by atoms with Crippen molar-refractivity contribution < 1.29 is 23.1 Å². The van der Waals surface area contributed by atoms with E-state index in [0.717, 1.165) is 11.0 Å². The number of hydrogen-bond acceptors (Lipinski definition) is 2. The van der Waals surface area contributed by atoms with E-state index in [9.17, 15) is 18.0 Å². The second-order valence-electron chi connectivity index (χ2n) is 4.95. The Morgan fingerprint density at radius 3 is 2.62 bits per heavy atom. The first kappa shape index (κ1) is 15.3. The van der Waals surface area contributed by atoms with E-state index in [4.69, 9.17) is 5.11 Å². The van der Waals surface area contributed by atoms with Gasteiger partial charge in [0.1, 0.15) is 0 Å². The third-order valence-corrected chi connectivity index (χ3v) is 3.34. The molecular weight excluding hydrogens is 285 g/mol. The van der Waals surface area contributed by atoms with E-state index in [0.29, 0.717) is 11.9 Å². The molecule has 0 aliphatic rings. The van der Waals surface area contributed by atoms with Crippen molar-refractivity contribution in [2.24, 2.45) is 0 Å². The van der Waals surface area contributed by atoms with Gasteiger partial charge < -0.3 is 9.67 Å². The summed E-state index contributed by atoms with van der Waals surface area (Å²) in [4.78, 5) is 14.5. The maximum absolute atomic E-state index is 13.1. The quantitative estimate of drug-likeness (QED) is 0.924. The van der Waals surface area contributed by atoms with Crippen LogP contribution in [0.4, 0.5) is 13.2 Å². The van der Waals surface area contributed by atoms with Crippen molar-refractivity contribution in [3.05, 3.63) is 29.6 Å². The lowest BCUT2D eigenvalue weighted by Crippen LogP contribution is -2.17. The van der Waals surface area contributed by atoms with Crippen LogP contribution in [-0.4, -0.2) is 20.6 Å². The van der Waals surface area contributed by atoms with E-state index in [1.165, 1.54) is 18.2 Å². The first-order valence-electron chi connectivity index (χ1n) is 6.58. The van der Waals surface area contributed by atoms with Crippen LogP contribution < -0.4 is 0 Å². The van der Waals surface area contributed by atoms with E-state index in [1.807, 2.05) is 6.92 Å². The monoisotopic (exact) mass is 300 g/mol. The predicted molar refractivity (Wildman–Crippen MR) is 71.3 cm³/mol. The number of imidazole rings is 1. The maximum Gasteiger partial charge on any atom is 0.449 e. The van der Waals surface area contributed by atoms with Gasteiger partial charge in [-0.15, -0.1) is 0 Å². The third kappa shape index (κ3) is 2.86. The normalized spacial score (nSPS) is 13.6. The Morgan fingerprint density at radius 2 is 2.10 bits per heavy atom. The summed E-state index contributed by atoms with van der Waals surface area (Å²) < 4.78 is 40.6. The molecule has 1 unspecified atom stereocenters. The minimum atomic E-state index is -4.58. The van der Waals surface area contributed by atoms with Gasteiger partial charge in [-0.05, 0) is 31.5 Å². The van der Waals surface area contributed by atoms with Crippen LogP contribution in [0, 0.1) is 0 Å². The molecule has 0 spiro atoms. The summed E-state index contributed by atoms with van der Waals surface area (Å²) in [6.45, 7) is 3.59. The van der Waals surface area contributed by atoms with E-state index in [-0.39, 0.29) is 17.1 Å². The Labute approximate surface area is 119 Å². The zero-order chi connectivity index (χ0) is 15.8. The van der Waals surface area contributed by atoms with Crippen LogP contribution in [0.2, 0.25) is 0 Å². The van der Waals surface area contributed by atoms with Crippen LogP contribution in [0.1, 0.15) is 48.9 Å². The Morgan fingerprint density at radius 1 is 1.43 bits per heavy atom. The molecule has 0 amide bonds. The van der Waals surface area contributed by atoms with Crippen LogP contribution in [0.15, 0.2) is 18.2 Å². The number of hydrogen-bond donors (Lipinski definition) is 1. The number of rotatable bonds is 4. The number of benzene rings is 1. The molecule has 0 bridgehead atoms. The molecule has 2 rings (SSSR count). The smallest absolute Gasteiger partial charge is 0.449 e. The Hall–Kier alpha value is -2.05. The molecule has 7 heteroatoms. The molecule has 0 saturated heterocycles. The summed E-state index contributed by atoms with van der Waals surface area (Å²) in [6.07, 6.45) is -3.26. The van der Waals surface area contributed by atoms with E-state index in [2.05, 4.69) is 4.98 Å². The van der Waals surface area contributed by atoms with Crippen LogP contribution in [-0.2, 0) is 6.18 Å². The summed E-state index contributed by atoms with van der Waals surface area (Å²) in [5.41, 5.74) is 0.266. The molecule has 1 aromatic heterocycles. The van der Waals surface area contributed by atoms with Crippen molar-refractivity contribution in [1.29, 1.82) is 0 Å². The second kappa shape index (κ2) is 5.38. The number of halogens is 3. The molecule has 114 valence electrons. The molecule has 1 heterocycles. The fraction of sp³-hybridized carbons (Fsp3) is 0.429. The summed E-state index contributed by atoms with van der Waals surface area (Å²) in [7, 11) is 0. The Kier molecular flexibility index (Phi) is 3.93. The first-order chi connectivity index (χ1) is 9.75. The van der Waals surface area contributed by atoms with Gasteiger partial charge in [0.05, 0.1) is 16.6 Å². The van der Waals surface area contributed by atoms with Crippen molar-refractivity contribution in [1.82, 2.24) is 9.55 Å². The topological polar surface area (TPSA) is 55.1 Å². The summed E-state index contributed by atoms with van der Waals surface area (Å²) >= 11 is 0. The standard InChI is InChI=1S/C14H15F3N2O2/c1-3-4-8(2)19-11-6-5-9(12(20)21)7-10(11)18-13(19)14(15,16)17/h5-8H,3-4H2,1-2H3,(H,20,21). The first-order valence-corrected chi connectivity index (χ1v) is 6.58. The minimum Gasteiger partial charge on any atom is -0.478 e. The average Bonchev–Trinajstić information content (AvgIpc) is 2.77. The molecule has 21 heavy (non-hydrogen) atoms.